The second kappa shape index (κ2) is 4.78. The zero-order valence-corrected chi connectivity index (χ0v) is 11.7. The van der Waals surface area contributed by atoms with Gasteiger partial charge in [-0.25, -0.2) is 0 Å². The van der Waals surface area contributed by atoms with Crippen LogP contribution in [0.2, 0.25) is 0 Å². The lowest BCUT2D eigenvalue weighted by atomic mass is 9.95. The van der Waals surface area contributed by atoms with Gasteiger partial charge in [0.05, 0.1) is 0 Å². The van der Waals surface area contributed by atoms with Crippen LogP contribution < -0.4 is 0 Å². The van der Waals surface area contributed by atoms with Crippen molar-refractivity contribution in [1.82, 2.24) is 0 Å². The predicted octanol–water partition coefficient (Wildman–Crippen LogP) is 4.87. The minimum atomic E-state index is 0.120. The van der Waals surface area contributed by atoms with Crippen molar-refractivity contribution in [2.75, 3.05) is 0 Å². The summed E-state index contributed by atoms with van der Waals surface area (Å²) in [5, 5.41) is 24.0. The highest BCUT2D eigenvalue weighted by Gasteiger charge is 2.11. The Labute approximate surface area is 127 Å². The average molecular weight is 285 g/mol. The molecule has 4 rings (SSSR count). The number of hydrogen-bond acceptors (Lipinski definition) is 2. The Morgan fingerprint density at radius 1 is 0.682 bits per heavy atom. The Bertz CT molecular complexity index is 1000. The largest absolute Gasteiger partial charge is 0.507 e. The van der Waals surface area contributed by atoms with Gasteiger partial charge in [-0.05, 0) is 39.9 Å². The molecule has 0 aliphatic heterocycles. The smallest absolute Gasteiger partial charge is 0.132 e. The zero-order valence-electron chi connectivity index (χ0n) is 11.7. The first-order chi connectivity index (χ1) is 10.7. The van der Waals surface area contributed by atoms with E-state index in [1.165, 1.54) is 0 Å². The molecule has 0 fully saturated rings. The van der Waals surface area contributed by atoms with Gasteiger partial charge in [-0.3, -0.25) is 0 Å². The lowest BCUT2D eigenvalue weighted by Gasteiger charge is -2.11. The van der Waals surface area contributed by atoms with Crippen LogP contribution in [-0.4, -0.2) is 10.2 Å². The molecule has 105 valence electrons. The number of phenols is 2. The van der Waals surface area contributed by atoms with Gasteiger partial charge in [-0.2, -0.15) is 0 Å². The zero-order chi connectivity index (χ0) is 15.1. The summed E-state index contributed by atoms with van der Waals surface area (Å²) in [6, 6.07) is 23.9. The molecule has 0 aliphatic rings. The van der Waals surface area contributed by atoms with Crippen LogP contribution in [0.5, 0.6) is 11.5 Å². The highest BCUT2D eigenvalue weighted by Crippen LogP contribution is 2.39. The van der Waals surface area contributed by atoms with Crippen LogP contribution in [-0.2, 0) is 0 Å². The molecule has 22 heavy (non-hydrogen) atoms. The van der Waals surface area contributed by atoms with Crippen molar-refractivity contribution in [2.24, 2.45) is 0 Å². The van der Waals surface area contributed by atoms with Crippen LogP contribution in [0.3, 0.4) is 0 Å². The molecule has 4 aromatic carbocycles. The molecule has 0 atom stereocenters. The van der Waals surface area contributed by atoms with E-state index in [-0.39, 0.29) is 11.5 Å². The summed E-state index contributed by atoms with van der Waals surface area (Å²) in [6.07, 6.45) is 0. The summed E-state index contributed by atoms with van der Waals surface area (Å²) in [7, 11) is 0. The molecule has 0 heterocycles. The summed E-state index contributed by atoms with van der Waals surface area (Å²) in [5.41, 5.74) is 1.60. The third-order valence-corrected chi connectivity index (χ3v) is 3.96. The lowest BCUT2D eigenvalue weighted by Crippen LogP contribution is -1.84. The van der Waals surface area contributed by atoms with E-state index >= 15 is 0 Å². The maximum Gasteiger partial charge on any atom is 0.132 e. The molecule has 0 bridgehead atoms. The predicted molar refractivity (Wildman–Crippen MR) is 89.1 cm³/mol. The minimum Gasteiger partial charge on any atom is -0.507 e. The molecular formula is C20H13O2. The molecule has 0 aliphatic carbocycles. The van der Waals surface area contributed by atoms with Crippen molar-refractivity contribution in [2.45, 2.75) is 0 Å². The maximum atomic E-state index is 10.4. The van der Waals surface area contributed by atoms with E-state index in [0.29, 0.717) is 0 Å². The average Bonchev–Trinajstić information content (AvgIpc) is 2.55. The van der Waals surface area contributed by atoms with Crippen molar-refractivity contribution >= 4 is 21.5 Å². The van der Waals surface area contributed by atoms with Crippen LogP contribution in [0.1, 0.15) is 0 Å². The maximum absolute atomic E-state index is 10.4. The fourth-order valence-electron chi connectivity index (χ4n) is 2.88. The molecule has 2 heteroatoms. The van der Waals surface area contributed by atoms with Crippen molar-refractivity contribution in [1.29, 1.82) is 0 Å². The van der Waals surface area contributed by atoms with E-state index in [0.717, 1.165) is 32.7 Å². The number of benzene rings is 4. The van der Waals surface area contributed by atoms with Gasteiger partial charge in [0.2, 0.25) is 0 Å². The van der Waals surface area contributed by atoms with Crippen LogP contribution >= 0.6 is 0 Å². The monoisotopic (exact) mass is 285 g/mol. The summed E-state index contributed by atoms with van der Waals surface area (Å²) in [5.74, 6) is 0.359. The number of aromatic hydroxyl groups is 2. The Kier molecular flexibility index (Phi) is 2.76. The van der Waals surface area contributed by atoms with Crippen molar-refractivity contribution in [3.8, 4) is 22.6 Å². The van der Waals surface area contributed by atoms with Gasteiger partial charge in [-0.15, -0.1) is 0 Å². The first-order valence-electron chi connectivity index (χ1n) is 7.09. The first kappa shape index (κ1) is 12.7. The molecule has 0 saturated carbocycles. The van der Waals surface area contributed by atoms with Gasteiger partial charge in [0.25, 0.3) is 0 Å². The third kappa shape index (κ3) is 1.89. The van der Waals surface area contributed by atoms with Gasteiger partial charge in [0, 0.05) is 17.0 Å². The van der Waals surface area contributed by atoms with Crippen molar-refractivity contribution in [3.63, 3.8) is 0 Å². The van der Waals surface area contributed by atoms with E-state index in [9.17, 15) is 10.2 Å². The van der Waals surface area contributed by atoms with E-state index < -0.39 is 0 Å². The second-order valence-electron chi connectivity index (χ2n) is 5.30. The van der Waals surface area contributed by atoms with E-state index in [1.54, 1.807) is 6.07 Å². The fraction of sp³-hybridized carbons (Fsp3) is 0. The van der Waals surface area contributed by atoms with Gasteiger partial charge in [-0.1, -0.05) is 48.5 Å². The molecule has 0 unspecified atom stereocenters. The topological polar surface area (TPSA) is 40.5 Å². The quantitative estimate of drug-likeness (QED) is 0.523. The normalized spacial score (nSPS) is 11.1. The molecule has 0 saturated heterocycles. The SMILES string of the molecule is Oc1[c]c2ccccc2cc1-c1ccc(O)c2ccccc12. The molecule has 1 radical (unpaired) electrons. The Balaban J connectivity index is 2.07. The lowest BCUT2D eigenvalue weighted by molar-refractivity contribution is 0.476. The fourth-order valence-corrected chi connectivity index (χ4v) is 2.88. The first-order valence-corrected chi connectivity index (χ1v) is 7.09. The van der Waals surface area contributed by atoms with Crippen LogP contribution in [0.4, 0.5) is 0 Å². The number of phenolic OH excluding ortho intramolecular Hbond substituents is 2. The Morgan fingerprint density at radius 2 is 1.41 bits per heavy atom. The van der Waals surface area contributed by atoms with Crippen LogP contribution in [0, 0.1) is 6.07 Å². The number of fused-ring (bicyclic) bond motifs is 2. The molecular weight excluding hydrogens is 272 g/mol. The van der Waals surface area contributed by atoms with Crippen molar-refractivity contribution < 1.29 is 10.2 Å². The number of rotatable bonds is 1. The Morgan fingerprint density at radius 3 is 2.27 bits per heavy atom. The molecule has 2 N–H and O–H groups in total. The molecule has 0 amide bonds. The summed E-state index contributed by atoms with van der Waals surface area (Å²) in [6.45, 7) is 0. The second-order valence-corrected chi connectivity index (χ2v) is 5.30. The van der Waals surface area contributed by atoms with Crippen LogP contribution in [0.25, 0.3) is 32.7 Å². The van der Waals surface area contributed by atoms with Gasteiger partial charge >= 0.3 is 0 Å². The standard InChI is InChI=1S/C20H13O2/c21-19-10-9-16(15-7-3-4-8-17(15)19)18-11-13-5-1-2-6-14(13)12-20(18)22/h1-11,21-22H. The third-order valence-electron chi connectivity index (χ3n) is 3.96. The van der Waals surface area contributed by atoms with Gasteiger partial charge < -0.3 is 10.2 Å². The molecule has 2 nitrogen and oxygen atoms in total. The van der Waals surface area contributed by atoms with Crippen LogP contribution in [0.15, 0.2) is 66.7 Å². The van der Waals surface area contributed by atoms with E-state index in [1.807, 2.05) is 60.7 Å². The van der Waals surface area contributed by atoms with Gasteiger partial charge in [0.15, 0.2) is 0 Å². The summed E-state index contributed by atoms with van der Waals surface area (Å²) in [4.78, 5) is 0. The molecule has 4 aromatic rings. The minimum absolute atomic E-state index is 0.120. The van der Waals surface area contributed by atoms with Crippen molar-refractivity contribution in [3.05, 3.63) is 72.8 Å². The summed E-state index contributed by atoms with van der Waals surface area (Å²) >= 11 is 0. The van der Waals surface area contributed by atoms with E-state index in [2.05, 4.69) is 6.07 Å². The number of hydrogen-bond donors (Lipinski definition) is 2. The van der Waals surface area contributed by atoms with E-state index in [4.69, 9.17) is 0 Å². The molecule has 0 spiro atoms. The highest BCUT2D eigenvalue weighted by atomic mass is 16.3. The molecule has 0 aromatic heterocycles. The van der Waals surface area contributed by atoms with Gasteiger partial charge in [0.1, 0.15) is 11.5 Å². The highest BCUT2D eigenvalue weighted by molar-refractivity contribution is 6.03. The Hall–Kier alpha value is -3.00. The summed E-state index contributed by atoms with van der Waals surface area (Å²) < 4.78 is 0.